The third-order valence-electron chi connectivity index (χ3n) is 8.68. The topological polar surface area (TPSA) is 107 Å². The van der Waals surface area contributed by atoms with Crippen LogP contribution in [0.15, 0.2) is 54.6 Å². The number of nitrogens with zero attached hydrogens (tertiary/aromatic N) is 1. The van der Waals surface area contributed by atoms with Crippen molar-refractivity contribution in [1.29, 1.82) is 0 Å². The predicted molar refractivity (Wildman–Crippen MR) is 173 cm³/mol. The second-order valence-corrected chi connectivity index (χ2v) is 11.7. The lowest BCUT2D eigenvalue weighted by Crippen LogP contribution is -2.35. The number of nitrogens with one attached hydrogen (secondary N) is 1. The van der Waals surface area contributed by atoms with Crippen molar-refractivity contribution in [2.24, 2.45) is 5.92 Å². The first-order valence-corrected chi connectivity index (χ1v) is 15.8. The summed E-state index contributed by atoms with van der Waals surface area (Å²) in [5.74, 6) is -0.292. The molecule has 1 amide bonds. The van der Waals surface area contributed by atoms with E-state index in [9.17, 15) is 14.7 Å². The van der Waals surface area contributed by atoms with Crippen LogP contribution in [-0.2, 0) is 27.2 Å². The highest BCUT2D eigenvalue weighted by molar-refractivity contribution is 5.94. The van der Waals surface area contributed by atoms with Crippen LogP contribution < -0.4 is 19.5 Å². The molecule has 5 rings (SSSR count). The molecule has 45 heavy (non-hydrogen) atoms. The number of carboxylic acids is 1. The van der Waals surface area contributed by atoms with Crippen molar-refractivity contribution < 1.29 is 33.6 Å². The molecular weight excluding hydrogens is 572 g/mol. The van der Waals surface area contributed by atoms with E-state index in [1.165, 1.54) is 5.56 Å². The van der Waals surface area contributed by atoms with Gasteiger partial charge in [-0.15, -0.1) is 0 Å². The summed E-state index contributed by atoms with van der Waals surface area (Å²) >= 11 is 0. The maximum Gasteiger partial charge on any atom is 0.309 e. The summed E-state index contributed by atoms with van der Waals surface area (Å²) in [5, 5.41) is 13.9. The molecule has 0 saturated carbocycles. The van der Waals surface area contributed by atoms with E-state index in [0.717, 1.165) is 47.2 Å². The minimum absolute atomic E-state index is 0.0466. The maximum absolute atomic E-state index is 13.7. The van der Waals surface area contributed by atoms with E-state index in [1.807, 2.05) is 47.4 Å². The van der Waals surface area contributed by atoms with Crippen molar-refractivity contribution >= 4 is 17.6 Å². The molecule has 1 unspecified atom stereocenters. The predicted octanol–water partition coefficient (Wildman–Crippen LogP) is 5.79. The van der Waals surface area contributed by atoms with Crippen molar-refractivity contribution in [3.63, 3.8) is 0 Å². The Balaban J connectivity index is 1.45. The number of carbonyl (C=O) groups is 2. The molecule has 3 aromatic rings. The van der Waals surface area contributed by atoms with Crippen LogP contribution in [0.1, 0.15) is 60.0 Å². The number of carboxylic acid groups (broad SMARTS) is 1. The molecule has 240 valence electrons. The number of aliphatic carboxylic acids is 1. The summed E-state index contributed by atoms with van der Waals surface area (Å²) in [6.45, 7) is 8.72. The summed E-state index contributed by atoms with van der Waals surface area (Å²) in [6, 6.07) is 16.9. The van der Waals surface area contributed by atoms with Gasteiger partial charge in [0, 0.05) is 44.3 Å². The monoisotopic (exact) mass is 616 g/mol. The van der Waals surface area contributed by atoms with Gasteiger partial charge in [-0.2, -0.15) is 0 Å². The molecule has 2 aliphatic heterocycles. The van der Waals surface area contributed by atoms with Gasteiger partial charge in [-0.25, -0.2) is 0 Å². The summed E-state index contributed by atoms with van der Waals surface area (Å²) in [5.41, 5.74) is 5.88. The number of aryl methyl sites for hydroxylation is 3. The van der Waals surface area contributed by atoms with Gasteiger partial charge >= 0.3 is 5.97 Å². The van der Waals surface area contributed by atoms with Crippen molar-refractivity contribution in [2.75, 3.05) is 51.9 Å². The Morgan fingerprint density at radius 2 is 1.60 bits per heavy atom. The number of carbonyl (C=O) groups excluding carboxylic acids is 1. The molecule has 9 nitrogen and oxygen atoms in total. The fourth-order valence-electron chi connectivity index (χ4n) is 6.60. The second-order valence-electron chi connectivity index (χ2n) is 11.7. The quantitative estimate of drug-likeness (QED) is 0.233. The summed E-state index contributed by atoms with van der Waals surface area (Å²) in [6.07, 6.45) is 2.36. The fourth-order valence-corrected chi connectivity index (χ4v) is 6.60. The molecule has 2 heterocycles. The number of fused-ring (bicyclic) bond motifs is 1. The highest BCUT2D eigenvalue weighted by Gasteiger charge is 2.48. The van der Waals surface area contributed by atoms with Crippen molar-refractivity contribution in [3.05, 3.63) is 82.4 Å². The molecule has 2 aliphatic rings. The molecule has 2 N–H and O–H groups in total. The second kappa shape index (κ2) is 14.8. The van der Waals surface area contributed by atoms with Crippen LogP contribution in [0.4, 0.5) is 5.69 Å². The minimum atomic E-state index is -0.914. The first kappa shape index (κ1) is 32.3. The molecule has 0 bridgehead atoms. The van der Waals surface area contributed by atoms with Gasteiger partial charge in [0.1, 0.15) is 19.0 Å². The van der Waals surface area contributed by atoms with Crippen LogP contribution >= 0.6 is 0 Å². The normalized spacial score (nSPS) is 19.3. The molecule has 0 spiro atoms. The standard InChI is InChI=1S/C36H44N2O7/c1-5-24-18-23(3)19-25(6-2)34(24)37-32(39)22-38-21-29(27-10-13-30-31(20-27)45-17-16-44-30)33(36(40)41)35(38)26-8-11-28(12-9-26)43-15-7-14-42-4/h8-13,18-20,29,33,35H,5-7,14-17,21-22H2,1-4H3,(H,37,39)(H,40,41)/t29-,33?,35+/m1/s1. The van der Waals surface area contributed by atoms with Crippen LogP contribution in [0.3, 0.4) is 0 Å². The minimum Gasteiger partial charge on any atom is -0.494 e. The molecule has 9 heteroatoms. The summed E-state index contributed by atoms with van der Waals surface area (Å²) in [7, 11) is 1.66. The molecule has 0 aromatic heterocycles. The highest BCUT2D eigenvalue weighted by Crippen LogP contribution is 2.47. The van der Waals surface area contributed by atoms with Crippen molar-refractivity contribution in [3.8, 4) is 17.2 Å². The summed E-state index contributed by atoms with van der Waals surface area (Å²) in [4.78, 5) is 28.8. The summed E-state index contributed by atoms with van der Waals surface area (Å²) < 4.78 is 22.5. The van der Waals surface area contributed by atoms with Gasteiger partial charge in [-0.3, -0.25) is 14.5 Å². The smallest absolute Gasteiger partial charge is 0.309 e. The lowest BCUT2D eigenvalue weighted by atomic mass is 9.82. The number of rotatable bonds is 13. The number of benzene rings is 3. The number of amides is 1. The highest BCUT2D eigenvalue weighted by atomic mass is 16.6. The first-order valence-electron chi connectivity index (χ1n) is 15.8. The van der Waals surface area contributed by atoms with Gasteiger partial charge in [-0.1, -0.05) is 49.7 Å². The van der Waals surface area contributed by atoms with E-state index in [0.29, 0.717) is 50.2 Å². The van der Waals surface area contributed by atoms with Crippen LogP contribution in [0, 0.1) is 12.8 Å². The van der Waals surface area contributed by atoms with Crippen molar-refractivity contribution in [1.82, 2.24) is 4.90 Å². The Kier molecular flexibility index (Phi) is 10.6. The largest absolute Gasteiger partial charge is 0.494 e. The zero-order valence-corrected chi connectivity index (χ0v) is 26.6. The van der Waals surface area contributed by atoms with E-state index >= 15 is 0 Å². The Morgan fingerprint density at radius 3 is 2.24 bits per heavy atom. The van der Waals surface area contributed by atoms with E-state index < -0.39 is 17.9 Å². The van der Waals surface area contributed by atoms with Gasteiger partial charge in [-0.05, 0) is 66.3 Å². The Labute approximate surface area is 265 Å². The average Bonchev–Trinajstić information content (AvgIpc) is 3.42. The van der Waals surface area contributed by atoms with Crippen LogP contribution in [-0.4, -0.2) is 68.5 Å². The number of hydrogen-bond acceptors (Lipinski definition) is 7. The number of anilines is 1. The van der Waals surface area contributed by atoms with E-state index in [4.69, 9.17) is 18.9 Å². The lowest BCUT2D eigenvalue weighted by Gasteiger charge is -2.27. The molecule has 3 atom stereocenters. The van der Waals surface area contributed by atoms with Gasteiger partial charge < -0.3 is 29.4 Å². The van der Waals surface area contributed by atoms with Crippen LogP contribution in [0.2, 0.25) is 0 Å². The SMILES string of the molecule is CCc1cc(C)cc(CC)c1NC(=O)CN1C[C@H](c2ccc3c(c2)OCCO3)C(C(=O)O)[C@@H]1c1ccc(OCCCOC)cc1. The third kappa shape index (κ3) is 7.43. The lowest BCUT2D eigenvalue weighted by molar-refractivity contribution is -0.143. The van der Waals surface area contributed by atoms with E-state index in [-0.39, 0.29) is 18.4 Å². The fraction of sp³-hybridized carbons (Fsp3) is 0.444. The molecule has 0 aliphatic carbocycles. The third-order valence-corrected chi connectivity index (χ3v) is 8.68. The number of ether oxygens (including phenoxy) is 4. The average molecular weight is 617 g/mol. The zero-order valence-electron chi connectivity index (χ0n) is 26.6. The Morgan fingerprint density at radius 1 is 0.933 bits per heavy atom. The van der Waals surface area contributed by atoms with E-state index in [1.54, 1.807) is 7.11 Å². The molecular formula is C36H44N2O7. The van der Waals surface area contributed by atoms with E-state index in [2.05, 4.69) is 38.2 Å². The van der Waals surface area contributed by atoms with Gasteiger partial charge in [0.05, 0.1) is 19.1 Å². The van der Waals surface area contributed by atoms with Crippen LogP contribution in [0.5, 0.6) is 17.2 Å². The van der Waals surface area contributed by atoms with Crippen LogP contribution in [0.25, 0.3) is 0 Å². The molecule has 1 saturated heterocycles. The Bertz CT molecular complexity index is 1460. The molecule has 0 radical (unpaired) electrons. The van der Waals surface area contributed by atoms with Gasteiger partial charge in [0.15, 0.2) is 11.5 Å². The Hall–Kier alpha value is -4.08. The maximum atomic E-state index is 13.7. The molecule has 1 fully saturated rings. The zero-order chi connectivity index (χ0) is 31.9. The molecule has 3 aromatic carbocycles. The first-order chi connectivity index (χ1) is 21.8. The number of hydrogen-bond donors (Lipinski definition) is 2. The van der Waals surface area contributed by atoms with Crippen molar-refractivity contribution in [2.45, 2.75) is 52.0 Å². The number of methoxy groups -OCH3 is 1. The van der Waals surface area contributed by atoms with Gasteiger partial charge in [0.2, 0.25) is 5.91 Å². The number of likely N-dealkylation sites (tertiary alicyclic amines) is 1. The van der Waals surface area contributed by atoms with Gasteiger partial charge in [0.25, 0.3) is 0 Å².